The Morgan fingerprint density at radius 2 is 1.95 bits per heavy atom. The van der Waals surface area contributed by atoms with Gasteiger partial charge >= 0.3 is 6.18 Å². The second-order valence-electron chi connectivity index (χ2n) is 6.22. The van der Waals surface area contributed by atoms with Crippen LogP contribution in [0.5, 0.6) is 0 Å². The predicted molar refractivity (Wildman–Crippen MR) is 68.8 cm³/mol. The van der Waals surface area contributed by atoms with E-state index < -0.39 is 12.1 Å². The van der Waals surface area contributed by atoms with Gasteiger partial charge in [0, 0.05) is 6.54 Å². The van der Waals surface area contributed by atoms with E-state index in [2.05, 4.69) is 18.8 Å². The molecule has 1 spiro atoms. The smallest absolute Gasteiger partial charge is 0.370 e. The van der Waals surface area contributed by atoms with Crippen molar-refractivity contribution in [3.8, 4) is 0 Å². The Bertz CT molecular complexity index is 355. The number of rotatable bonds is 2. The van der Waals surface area contributed by atoms with Gasteiger partial charge in [0.25, 0.3) is 0 Å². The summed E-state index contributed by atoms with van der Waals surface area (Å²) in [5, 5.41) is 0. The van der Waals surface area contributed by atoms with Gasteiger partial charge < -0.3 is 10.6 Å². The summed E-state index contributed by atoms with van der Waals surface area (Å²) in [6.07, 6.45) is -2.60. The van der Waals surface area contributed by atoms with Crippen molar-refractivity contribution in [3.63, 3.8) is 0 Å². The van der Waals surface area contributed by atoms with Gasteiger partial charge in [-0.1, -0.05) is 13.8 Å². The maximum absolute atomic E-state index is 12.7. The fourth-order valence-electron chi connectivity index (χ4n) is 3.20. The second-order valence-corrected chi connectivity index (χ2v) is 6.22. The van der Waals surface area contributed by atoms with Crippen molar-refractivity contribution in [2.75, 3.05) is 13.1 Å². The highest BCUT2D eigenvalue weighted by molar-refractivity contribution is 5.81. The molecule has 1 heterocycles. The first kappa shape index (κ1) is 14.5. The van der Waals surface area contributed by atoms with Crippen LogP contribution in [-0.4, -0.2) is 35.7 Å². The standard InChI is InChI=1S/C13H22F3N3/c1-9(2)7-19-11(17)18-8-12(19)5-3-10(4-6-12)13(14,15)16/h9-10H,3-8H2,1-2H3,(H2,17,18). The van der Waals surface area contributed by atoms with Gasteiger partial charge in [0.15, 0.2) is 5.96 Å². The van der Waals surface area contributed by atoms with E-state index in [4.69, 9.17) is 5.73 Å². The van der Waals surface area contributed by atoms with E-state index >= 15 is 0 Å². The number of hydrogen-bond donors (Lipinski definition) is 1. The number of guanidine groups is 1. The maximum Gasteiger partial charge on any atom is 0.391 e. The average molecular weight is 277 g/mol. The molecular formula is C13H22F3N3. The monoisotopic (exact) mass is 277 g/mol. The maximum atomic E-state index is 12.7. The highest BCUT2D eigenvalue weighted by Gasteiger charge is 2.50. The molecule has 1 fully saturated rings. The van der Waals surface area contributed by atoms with Crippen LogP contribution in [0.25, 0.3) is 0 Å². The normalized spacial score (nSPS) is 32.2. The Morgan fingerprint density at radius 3 is 2.42 bits per heavy atom. The molecule has 0 unspecified atom stereocenters. The van der Waals surface area contributed by atoms with Gasteiger partial charge in [-0.2, -0.15) is 13.2 Å². The van der Waals surface area contributed by atoms with Gasteiger partial charge in [-0.3, -0.25) is 4.99 Å². The van der Waals surface area contributed by atoms with Crippen LogP contribution in [-0.2, 0) is 0 Å². The van der Waals surface area contributed by atoms with E-state index in [1.165, 1.54) is 0 Å². The fourth-order valence-corrected chi connectivity index (χ4v) is 3.20. The minimum absolute atomic E-state index is 0.195. The molecule has 0 aromatic heterocycles. The van der Waals surface area contributed by atoms with Crippen molar-refractivity contribution in [1.82, 2.24) is 4.90 Å². The first-order chi connectivity index (χ1) is 8.74. The predicted octanol–water partition coefficient (Wildman–Crippen LogP) is 2.76. The van der Waals surface area contributed by atoms with Crippen LogP contribution in [0, 0.1) is 11.8 Å². The molecule has 2 rings (SSSR count). The molecule has 110 valence electrons. The lowest BCUT2D eigenvalue weighted by atomic mass is 9.75. The zero-order chi connectivity index (χ0) is 14.3. The van der Waals surface area contributed by atoms with Gasteiger partial charge in [0.1, 0.15) is 0 Å². The third kappa shape index (κ3) is 2.82. The molecule has 0 aromatic carbocycles. The van der Waals surface area contributed by atoms with Gasteiger partial charge in [-0.15, -0.1) is 0 Å². The van der Waals surface area contributed by atoms with E-state index in [1.807, 2.05) is 4.90 Å². The molecule has 3 nitrogen and oxygen atoms in total. The molecule has 1 saturated carbocycles. The van der Waals surface area contributed by atoms with Gasteiger partial charge in [0.05, 0.1) is 18.0 Å². The molecule has 0 saturated heterocycles. The van der Waals surface area contributed by atoms with E-state index in [1.54, 1.807) is 0 Å². The lowest BCUT2D eigenvalue weighted by Gasteiger charge is -2.45. The van der Waals surface area contributed by atoms with Crippen molar-refractivity contribution < 1.29 is 13.2 Å². The number of hydrogen-bond acceptors (Lipinski definition) is 3. The molecule has 0 radical (unpaired) electrons. The summed E-state index contributed by atoms with van der Waals surface area (Å²) in [6.45, 7) is 5.49. The van der Waals surface area contributed by atoms with Crippen LogP contribution in [0.15, 0.2) is 4.99 Å². The summed E-state index contributed by atoms with van der Waals surface area (Å²) in [4.78, 5) is 6.32. The Kier molecular flexibility index (Phi) is 3.71. The summed E-state index contributed by atoms with van der Waals surface area (Å²) in [6, 6.07) is 0. The summed E-state index contributed by atoms with van der Waals surface area (Å²) in [5.41, 5.74) is 5.65. The molecule has 1 aliphatic carbocycles. The Morgan fingerprint density at radius 1 is 1.37 bits per heavy atom. The molecule has 0 atom stereocenters. The first-order valence-electron chi connectivity index (χ1n) is 6.89. The Hall–Kier alpha value is -0.940. The van der Waals surface area contributed by atoms with Crippen LogP contribution in [0.2, 0.25) is 0 Å². The lowest BCUT2D eigenvalue weighted by Crippen LogP contribution is -2.55. The van der Waals surface area contributed by atoms with E-state index in [0.717, 1.165) is 6.54 Å². The second kappa shape index (κ2) is 4.87. The molecule has 2 aliphatic rings. The molecule has 19 heavy (non-hydrogen) atoms. The van der Waals surface area contributed by atoms with Crippen molar-refractivity contribution >= 4 is 5.96 Å². The van der Waals surface area contributed by atoms with Gasteiger partial charge in [0.2, 0.25) is 0 Å². The number of nitrogens with zero attached hydrogens (tertiary/aromatic N) is 2. The Balaban J connectivity index is 2.05. The zero-order valence-electron chi connectivity index (χ0n) is 11.5. The quantitative estimate of drug-likeness (QED) is 0.843. The fraction of sp³-hybridized carbons (Fsp3) is 0.923. The highest BCUT2D eigenvalue weighted by atomic mass is 19.4. The lowest BCUT2D eigenvalue weighted by molar-refractivity contribution is -0.186. The van der Waals surface area contributed by atoms with Crippen LogP contribution < -0.4 is 5.73 Å². The number of nitrogens with two attached hydrogens (primary N) is 1. The zero-order valence-corrected chi connectivity index (χ0v) is 11.5. The molecule has 0 aromatic rings. The topological polar surface area (TPSA) is 41.6 Å². The van der Waals surface area contributed by atoms with Crippen molar-refractivity contribution in [2.45, 2.75) is 51.2 Å². The molecule has 6 heteroatoms. The van der Waals surface area contributed by atoms with Crippen molar-refractivity contribution in [3.05, 3.63) is 0 Å². The summed E-state index contributed by atoms with van der Waals surface area (Å²) < 4.78 is 38.2. The average Bonchev–Trinajstić information content (AvgIpc) is 2.58. The van der Waals surface area contributed by atoms with Crippen molar-refractivity contribution in [2.24, 2.45) is 22.6 Å². The number of halogens is 3. The number of alkyl halides is 3. The SMILES string of the molecule is CC(C)CN1C(N)=NCC12CCC(C(F)(F)F)CC2. The van der Waals surface area contributed by atoms with Crippen LogP contribution >= 0.6 is 0 Å². The number of aliphatic imine (C=N–C) groups is 1. The molecule has 2 N–H and O–H groups in total. The summed E-state index contributed by atoms with van der Waals surface area (Å²) in [7, 11) is 0. The largest absolute Gasteiger partial charge is 0.391 e. The molecule has 0 bridgehead atoms. The summed E-state index contributed by atoms with van der Waals surface area (Å²) >= 11 is 0. The highest BCUT2D eigenvalue weighted by Crippen LogP contribution is 2.44. The van der Waals surface area contributed by atoms with Crippen LogP contribution in [0.4, 0.5) is 13.2 Å². The van der Waals surface area contributed by atoms with Crippen LogP contribution in [0.1, 0.15) is 39.5 Å². The third-order valence-corrected chi connectivity index (χ3v) is 4.31. The van der Waals surface area contributed by atoms with Gasteiger partial charge in [-0.05, 0) is 31.6 Å². The van der Waals surface area contributed by atoms with E-state index in [-0.39, 0.29) is 18.4 Å². The van der Waals surface area contributed by atoms with Crippen LogP contribution in [0.3, 0.4) is 0 Å². The molecule has 1 aliphatic heterocycles. The van der Waals surface area contributed by atoms with E-state index in [0.29, 0.717) is 31.3 Å². The first-order valence-corrected chi connectivity index (χ1v) is 6.89. The molecule has 0 amide bonds. The molecular weight excluding hydrogens is 255 g/mol. The van der Waals surface area contributed by atoms with Gasteiger partial charge in [-0.25, -0.2) is 0 Å². The van der Waals surface area contributed by atoms with E-state index in [9.17, 15) is 13.2 Å². The Labute approximate surface area is 112 Å². The summed E-state index contributed by atoms with van der Waals surface area (Å²) in [5.74, 6) is -0.232. The minimum Gasteiger partial charge on any atom is -0.370 e. The van der Waals surface area contributed by atoms with Crippen molar-refractivity contribution in [1.29, 1.82) is 0 Å². The minimum atomic E-state index is -4.06. The third-order valence-electron chi connectivity index (χ3n) is 4.31.